The first kappa shape index (κ1) is 22.7. The van der Waals surface area contributed by atoms with E-state index in [0.717, 1.165) is 11.1 Å². The molecule has 0 saturated heterocycles. The van der Waals surface area contributed by atoms with Crippen LogP contribution in [-0.2, 0) is 10.3 Å². The maximum absolute atomic E-state index is 12.7. The van der Waals surface area contributed by atoms with Crippen LogP contribution < -0.4 is 9.47 Å². The molecule has 1 atom stereocenters. The van der Waals surface area contributed by atoms with Gasteiger partial charge < -0.3 is 19.3 Å². The number of carbonyl (C=O) groups excluding carboxylic acids is 1. The molecule has 0 fully saturated rings. The Morgan fingerprint density at radius 2 is 1.32 bits per heavy atom. The molecule has 2 aliphatic heterocycles. The largest absolute Gasteiger partial charge is 0.508 e. The van der Waals surface area contributed by atoms with Crippen LogP contribution in [-0.4, -0.2) is 17.7 Å². The van der Waals surface area contributed by atoms with Gasteiger partial charge in [0.25, 0.3) is 0 Å². The Hall–Kier alpha value is -4.77. The van der Waals surface area contributed by atoms with E-state index in [0.29, 0.717) is 35.0 Å². The number of benzene rings is 5. The van der Waals surface area contributed by atoms with E-state index in [1.165, 1.54) is 16.8 Å². The normalized spacial score (nSPS) is 16.5. The van der Waals surface area contributed by atoms with E-state index < -0.39 is 5.60 Å². The molecule has 0 bridgehead atoms. The van der Waals surface area contributed by atoms with Gasteiger partial charge in [0, 0.05) is 28.8 Å². The number of carbonyl (C=O) groups is 1. The van der Waals surface area contributed by atoms with Gasteiger partial charge in [-0.2, -0.15) is 0 Å². The van der Waals surface area contributed by atoms with Gasteiger partial charge in [-0.3, -0.25) is 0 Å². The molecule has 1 spiro atoms. The number of esters is 1. The van der Waals surface area contributed by atoms with Crippen molar-refractivity contribution in [3.05, 3.63) is 131 Å². The number of phenolic OH excluding ortho intramolecular Hbond substituents is 1. The Morgan fingerprint density at radius 3 is 2.00 bits per heavy atom. The molecule has 0 aliphatic carbocycles. The highest BCUT2D eigenvalue weighted by molar-refractivity contribution is 5.97. The number of hydrogen-bond donors (Lipinski definition) is 1. The van der Waals surface area contributed by atoms with E-state index in [4.69, 9.17) is 14.2 Å². The summed E-state index contributed by atoms with van der Waals surface area (Å²) in [7, 11) is 0. The molecule has 2 aliphatic rings. The number of aromatic hydroxyl groups is 1. The standard InChI is InChI=1S/C22H16O5.C10H8/c1-2-25-14-8-10-18-20(12-14)26-19-11-13(23)7-9-17(19)22(18)16-6-4-3-5-15(16)21(24)27-22;1-2-6-10-8-4-3-7-9(10)5-1/h3-12,23H,2H2,1H3;1-8H. The fourth-order valence-electron chi connectivity index (χ4n) is 5.03. The smallest absolute Gasteiger partial charge is 0.340 e. The van der Waals surface area contributed by atoms with Crippen LogP contribution in [0.2, 0.25) is 0 Å². The maximum atomic E-state index is 12.7. The minimum Gasteiger partial charge on any atom is -0.508 e. The molecule has 1 N–H and O–H groups in total. The molecule has 7 rings (SSSR count). The van der Waals surface area contributed by atoms with Crippen molar-refractivity contribution in [2.24, 2.45) is 0 Å². The van der Waals surface area contributed by atoms with Gasteiger partial charge in [0.2, 0.25) is 0 Å². The third kappa shape index (κ3) is 3.76. The molecule has 0 saturated carbocycles. The van der Waals surface area contributed by atoms with Crippen molar-refractivity contribution >= 4 is 16.7 Å². The van der Waals surface area contributed by atoms with E-state index in [1.54, 1.807) is 24.3 Å². The first-order chi connectivity index (χ1) is 18.1. The monoisotopic (exact) mass is 488 g/mol. The van der Waals surface area contributed by atoms with Crippen LogP contribution in [0.3, 0.4) is 0 Å². The van der Waals surface area contributed by atoms with Crippen molar-refractivity contribution in [1.82, 2.24) is 0 Å². The lowest BCUT2D eigenvalue weighted by Gasteiger charge is -2.36. The first-order valence-electron chi connectivity index (χ1n) is 12.2. The van der Waals surface area contributed by atoms with Crippen molar-refractivity contribution in [3.8, 4) is 23.0 Å². The topological polar surface area (TPSA) is 65.0 Å². The van der Waals surface area contributed by atoms with Gasteiger partial charge in [0.1, 0.15) is 23.0 Å². The Balaban J connectivity index is 0.000000210. The zero-order valence-electron chi connectivity index (χ0n) is 20.2. The van der Waals surface area contributed by atoms with E-state index in [2.05, 4.69) is 48.5 Å². The summed E-state index contributed by atoms with van der Waals surface area (Å²) in [4.78, 5) is 12.7. The number of rotatable bonds is 2. The summed E-state index contributed by atoms with van der Waals surface area (Å²) in [6, 6.07) is 34.4. The van der Waals surface area contributed by atoms with Gasteiger partial charge >= 0.3 is 5.97 Å². The van der Waals surface area contributed by atoms with Gasteiger partial charge in [-0.1, -0.05) is 66.7 Å². The van der Waals surface area contributed by atoms with Crippen LogP contribution in [0.5, 0.6) is 23.0 Å². The predicted molar refractivity (Wildman–Crippen MR) is 141 cm³/mol. The van der Waals surface area contributed by atoms with Crippen LogP contribution in [0.1, 0.15) is 34.0 Å². The summed E-state index contributed by atoms with van der Waals surface area (Å²) in [6.07, 6.45) is 0. The number of hydrogen-bond acceptors (Lipinski definition) is 5. The fourth-order valence-corrected chi connectivity index (χ4v) is 5.03. The zero-order chi connectivity index (χ0) is 25.4. The predicted octanol–water partition coefficient (Wildman–Crippen LogP) is 7.20. The molecule has 0 aromatic heterocycles. The summed E-state index contributed by atoms with van der Waals surface area (Å²) in [6.45, 7) is 2.43. The van der Waals surface area contributed by atoms with Gasteiger partial charge in [-0.25, -0.2) is 4.79 Å². The van der Waals surface area contributed by atoms with E-state index in [-0.39, 0.29) is 11.7 Å². The SMILES string of the molecule is CCOc1ccc2c(c1)Oc1cc(O)ccc1C21OC(=O)c2ccccc21.c1ccc2ccccc2c1. The minimum absolute atomic E-state index is 0.0749. The summed E-state index contributed by atoms with van der Waals surface area (Å²) in [5.74, 6) is 1.33. The fraction of sp³-hybridized carbons (Fsp3) is 0.0938. The van der Waals surface area contributed by atoms with Crippen molar-refractivity contribution in [2.75, 3.05) is 6.61 Å². The highest BCUT2D eigenvalue weighted by Gasteiger charge is 2.53. The molecule has 5 aromatic rings. The molecule has 5 nitrogen and oxygen atoms in total. The van der Waals surface area contributed by atoms with Gasteiger partial charge in [0.05, 0.1) is 12.2 Å². The third-order valence-electron chi connectivity index (χ3n) is 6.64. The number of phenols is 1. The van der Waals surface area contributed by atoms with E-state index in [9.17, 15) is 9.90 Å². The third-order valence-corrected chi connectivity index (χ3v) is 6.64. The lowest BCUT2D eigenvalue weighted by molar-refractivity contribution is 0.0224. The molecule has 5 aromatic carbocycles. The minimum atomic E-state index is -1.12. The lowest BCUT2D eigenvalue weighted by atomic mass is 9.77. The van der Waals surface area contributed by atoms with Gasteiger partial charge in [-0.05, 0) is 48.0 Å². The second kappa shape index (κ2) is 9.03. The highest BCUT2D eigenvalue weighted by Crippen LogP contribution is 2.56. The maximum Gasteiger partial charge on any atom is 0.340 e. The van der Waals surface area contributed by atoms with Crippen molar-refractivity contribution in [2.45, 2.75) is 12.5 Å². The Bertz CT molecular complexity index is 1570. The second-order valence-corrected chi connectivity index (χ2v) is 8.84. The number of fused-ring (bicyclic) bond motifs is 7. The first-order valence-corrected chi connectivity index (χ1v) is 12.2. The van der Waals surface area contributed by atoms with Gasteiger partial charge in [-0.15, -0.1) is 0 Å². The van der Waals surface area contributed by atoms with Crippen LogP contribution in [0.25, 0.3) is 10.8 Å². The highest BCUT2D eigenvalue weighted by atomic mass is 16.6. The van der Waals surface area contributed by atoms with Gasteiger partial charge in [0.15, 0.2) is 5.60 Å². The quantitative estimate of drug-likeness (QED) is 0.266. The van der Waals surface area contributed by atoms with Crippen molar-refractivity contribution in [1.29, 1.82) is 0 Å². The van der Waals surface area contributed by atoms with Crippen LogP contribution in [0.4, 0.5) is 0 Å². The van der Waals surface area contributed by atoms with Crippen LogP contribution in [0.15, 0.2) is 109 Å². The summed E-state index contributed by atoms with van der Waals surface area (Å²) in [5, 5.41) is 12.6. The second-order valence-electron chi connectivity index (χ2n) is 8.84. The summed E-state index contributed by atoms with van der Waals surface area (Å²) >= 11 is 0. The Kier molecular flexibility index (Phi) is 5.53. The molecule has 2 heterocycles. The molecule has 0 radical (unpaired) electrons. The average molecular weight is 489 g/mol. The van der Waals surface area contributed by atoms with Crippen LogP contribution >= 0.6 is 0 Å². The lowest BCUT2D eigenvalue weighted by Crippen LogP contribution is -2.32. The molecular formula is C32H24O5. The summed E-state index contributed by atoms with van der Waals surface area (Å²) in [5.41, 5.74) is 1.57. The van der Waals surface area contributed by atoms with Crippen LogP contribution in [0, 0.1) is 0 Å². The van der Waals surface area contributed by atoms with Crippen molar-refractivity contribution < 1.29 is 24.1 Å². The Labute approximate surface area is 214 Å². The average Bonchev–Trinajstić information content (AvgIpc) is 3.22. The van der Waals surface area contributed by atoms with E-state index in [1.807, 2.05) is 37.3 Å². The number of ether oxygens (including phenoxy) is 3. The molecule has 5 heteroatoms. The Morgan fingerprint density at radius 1 is 0.730 bits per heavy atom. The summed E-state index contributed by atoms with van der Waals surface area (Å²) < 4.78 is 17.7. The molecule has 37 heavy (non-hydrogen) atoms. The molecule has 0 amide bonds. The molecule has 1 unspecified atom stereocenters. The molecular weight excluding hydrogens is 464 g/mol. The van der Waals surface area contributed by atoms with Crippen molar-refractivity contribution in [3.63, 3.8) is 0 Å². The van der Waals surface area contributed by atoms with E-state index >= 15 is 0 Å². The zero-order valence-corrected chi connectivity index (χ0v) is 20.2. The molecule has 182 valence electrons.